The Morgan fingerprint density at radius 1 is 1.47 bits per heavy atom. The van der Waals surface area contributed by atoms with Crippen molar-refractivity contribution in [2.75, 3.05) is 0 Å². The van der Waals surface area contributed by atoms with Crippen molar-refractivity contribution in [3.05, 3.63) is 23.8 Å². The van der Waals surface area contributed by atoms with Gasteiger partial charge in [-0.2, -0.15) is 0 Å². The minimum absolute atomic E-state index is 0.149. The molecule has 0 aliphatic heterocycles. The SMILES string of the molecule is CCCCC(=O)Oc1cccc(O)c1C. The smallest absolute Gasteiger partial charge is 0.311 e. The number of aromatic hydroxyl groups is 1. The Hall–Kier alpha value is -1.51. The molecular weight excluding hydrogens is 192 g/mol. The van der Waals surface area contributed by atoms with Crippen molar-refractivity contribution in [1.82, 2.24) is 0 Å². The van der Waals surface area contributed by atoms with Gasteiger partial charge in [0.15, 0.2) is 0 Å². The Labute approximate surface area is 89.7 Å². The van der Waals surface area contributed by atoms with Crippen molar-refractivity contribution in [2.45, 2.75) is 33.1 Å². The third-order valence-corrected chi connectivity index (χ3v) is 2.21. The molecule has 0 saturated heterocycles. The predicted molar refractivity (Wildman–Crippen MR) is 58.0 cm³/mol. The summed E-state index contributed by atoms with van der Waals surface area (Å²) in [6.07, 6.45) is 2.22. The fourth-order valence-corrected chi connectivity index (χ4v) is 1.21. The van der Waals surface area contributed by atoms with Gasteiger partial charge in [0, 0.05) is 12.0 Å². The van der Waals surface area contributed by atoms with Crippen LogP contribution in [-0.4, -0.2) is 11.1 Å². The van der Waals surface area contributed by atoms with E-state index in [-0.39, 0.29) is 11.7 Å². The third-order valence-electron chi connectivity index (χ3n) is 2.21. The van der Waals surface area contributed by atoms with E-state index < -0.39 is 0 Å². The number of benzene rings is 1. The number of hydrogen-bond donors (Lipinski definition) is 1. The van der Waals surface area contributed by atoms with Crippen LogP contribution in [0.4, 0.5) is 0 Å². The number of phenols is 1. The van der Waals surface area contributed by atoms with Gasteiger partial charge in [-0.3, -0.25) is 4.79 Å². The average Bonchev–Trinajstić information content (AvgIpc) is 2.22. The topological polar surface area (TPSA) is 46.5 Å². The molecule has 3 nitrogen and oxygen atoms in total. The minimum atomic E-state index is -0.245. The van der Waals surface area contributed by atoms with Gasteiger partial charge in [-0.15, -0.1) is 0 Å². The van der Waals surface area contributed by atoms with Crippen molar-refractivity contribution in [2.24, 2.45) is 0 Å². The zero-order valence-corrected chi connectivity index (χ0v) is 9.12. The zero-order chi connectivity index (χ0) is 11.3. The van der Waals surface area contributed by atoms with Crippen molar-refractivity contribution < 1.29 is 14.6 Å². The summed E-state index contributed by atoms with van der Waals surface area (Å²) < 4.78 is 5.13. The van der Waals surface area contributed by atoms with Gasteiger partial charge in [-0.1, -0.05) is 19.4 Å². The lowest BCUT2D eigenvalue weighted by Gasteiger charge is -2.07. The first-order valence-corrected chi connectivity index (χ1v) is 5.14. The molecule has 3 heteroatoms. The minimum Gasteiger partial charge on any atom is -0.508 e. The average molecular weight is 208 g/mol. The molecule has 1 aromatic carbocycles. The highest BCUT2D eigenvalue weighted by Crippen LogP contribution is 2.26. The van der Waals surface area contributed by atoms with E-state index in [1.165, 1.54) is 0 Å². The maximum Gasteiger partial charge on any atom is 0.311 e. The third kappa shape index (κ3) is 3.27. The van der Waals surface area contributed by atoms with Gasteiger partial charge in [-0.05, 0) is 25.5 Å². The van der Waals surface area contributed by atoms with Crippen LogP contribution < -0.4 is 4.74 Å². The van der Waals surface area contributed by atoms with Crippen LogP contribution in [0.25, 0.3) is 0 Å². The van der Waals surface area contributed by atoms with E-state index >= 15 is 0 Å². The molecule has 1 aromatic rings. The Morgan fingerprint density at radius 3 is 2.87 bits per heavy atom. The molecule has 15 heavy (non-hydrogen) atoms. The highest BCUT2D eigenvalue weighted by Gasteiger charge is 2.08. The Bertz CT molecular complexity index is 345. The van der Waals surface area contributed by atoms with E-state index in [1.54, 1.807) is 25.1 Å². The molecule has 0 aromatic heterocycles. The predicted octanol–water partition coefficient (Wildman–Crippen LogP) is 2.80. The molecule has 0 unspecified atom stereocenters. The van der Waals surface area contributed by atoms with Gasteiger partial charge in [0.25, 0.3) is 0 Å². The number of esters is 1. The molecule has 0 saturated carbocycles. The zero-order valence-electron chi connectivity index (χ0n) is 9.12. The first kappa shape index (κ1) is 11.6. The van der Waals surface area contributed by atoms with Crippen molar-refractivity contribution >= 4 is 5.97 Å². The van der Waals surface area contributed by atoms with Crippen LogP contribution in [0.15, 0.2) is 18.2 Å². The van der Waals surface area contributed by atoms with Crippen LogP contribution in [0, 0.1) is 6.92 Å². The van der Waals surface area contributed by atoms with E-state index in [0.29, 0.717) is 17.7 Å². The number of hydrogen-bond acceptors (Lipinski definition) is 3. The quantitative estimate of drug-likeness (QED) is 0.611. The van der Waals surface area contributed by atoms with Crippen molar-refractivity contribution in [3.63, 3.8) is 0 Å². The lowest BCUT2D eigenvalue weighted by atomic mass is 10.2. The summed E-state index contributed by atoms with van der Waals surface area (Å²) in [5.74, 6) is 0.345. The molecule has 0 aliphatic carbocycles. The fraction of sp³-hybridized carbons (Fsp3) is 0.417. The van der Waals surface area contributed by atoms with E-state index in [0.717, 1.165) is 12.8 Å². The van der Waals surface area contributed by atoms with E-state index in [9.17, 15) is 9.90 Å². The van der Waals surface area contributed by atoms with Gasteiger partial charge >= 0.3 is 5.97 Å². The molecule has 0 spiro atoms. The number of carbonyl (C=O) groups is 1. The fourth-order valence-electron chi connectivity index (χ4n) is 1.21. The number of ether oxygens (including phenoxy) is 1. The molecule has 1 rings (SSSR count). The summed E-state index contributed by atoms with van der Waals surface area (Å²) in [5.41, 5.74) is 0.599. The second-order valence-corrected chi connectivity index (χ2v) is 3.48. The van der Waals surface area contributed by atoms with Crippen LogP contribution in [0.1, 0.15) is 31.7 Å². The maximum absolute atomic E-state index is 11.3. The molecule has 1 N–H and O–H groups in total. The van der Waals surface area contributed by atoms with E-state index in [2.05, 4.69) is 0 Å². The molecule has 0 heterocycles. The van der Waals surface area contributed by atoms with Crippen molar-refractivity contribution in [1.29, 1.82) is 0 Å². The standard InChI is InChI=1S/C12H16O3/c1-3-4-8-12(14)15-11-7-5-6-10(13)9(11)2/h5-7,13H,3-4,8H2,1-2H3. The Kier molecular flexibility index (Phi) is 4.16. The second-order valence-electron chi connectivity index (χ2n) is 3.48. The first-order valence-electron chi connectivity index (χ1n) is 5.14. The normalized spacial score (nSPS) is 10.0. The number of phenolic OH excluding ortho intramolecular Hbond substituents is 1. The molecule has 0 bridgehead atoms. The van der Waals surface area contributed by atoms with Crippen LogP contribution in [-0.2, 0) is 4.79 Å². The lowest BCUT2D eigenvalue weighted by Crippen LogP contribution is -2.08. The van der Waals surface area contributed by atoms with Gasteiger partial charge in [-0.25, -0.2) is 0 Å². The molecule has 0 fully saturated rings. The largest absolute Gasteiger partial charge is 0.508 e. The molecule has 82 valence electrons. The molecule has 0 radical (unpaired) electrons. The summed E-state index contributed by atoms with van der Waals surface area (Å²) in [6.45, 7) is 3.74. The summed E-state index contributed by atoms with van der Waals surface area (Å²) in [6, 6.07) is 4.91. The van der Waals surface area contributed by atoms with Crippen LogP contribution in [0.3, 0.4) is 0 Å². The van der Waals surface area contributed by atoms with Gasteiger partial charge in [0.2, 0.25) is 0 Å². The molecule has 0 atom stereocenters. The monoisotopic (exact) mass is 208 g/mol. The summed E-state index contributed by atoms with van der Waals surface area (Å²) in [4.78, 5) is 11.3. The van der Waals surface area contributed by atoms with Gasteiger partial charge in [0.05, 0.1) is 0 Å². The van der Waals surface area contributed by atoms with Crippen LogP contribution in [0.5, 0.6) is 11.5 Å². The number of unbranched alkanes of at least 4 members (excludes halogenated alkanes) is 1. The number of carbonyl (C=O) groups excluding carboxylic acids is 1. The van der Waals surface area contributed by atoms with E-state index in [1.807, 2.05) is 6.92 Å². The number of rotatable bonds is 4. The Balaban J connectivity index is 2.64. The lowest BCUT2D eigenvalue weighted by molar-refractivity contribution is -0.134. The summed E-state index contributed by atoms with van der Waals surface area (Å²) >= 11 is 0. The molecule has 0 amide bonds. The molecular formula is C12H16O3. The Morgan fingerprint density at radius 2 is 2.20 bits per heavy atom. The van der Waals surface area contributed by atoms with Gasteiger partial charge < -0.3 is 9.84 Å². The van der Waals surface area contributed by atoms with Crippen molar-refractivity contribution in [3.8, 4) is 11.5 Å². The highest BCUT2D eigenvalue weighted by atomic mass is 16.5. The van der Waals surface area contributed by atoms with E-state index in [4.69, 9.17) is 4.74 Å². The second kappa shape index (κ2) is 5.39. The maximum atomic E-state index is 11.3. The summed E-state index contributed by atoms with van der Waals surface area (Å²) in [5, 5.41) is 9.40. The van der Waals surface area contributed by atoms with Crippen LogP contribution in [0.2, 0.25) is 0 Å². The first-order chi connectivity index (χ1) is 7.15. The molecule has 0 aliphatic rings. The van der Waals surface area contributed by atoms with Crippen LogP contribution >= 0.6 is 0 Å². The van der Waals surface area contributed by atoms with Gasteiger partial charge in [0.1, 0.15) is 11.5 Å². The summed E-state index contributed by atoms with van der Waals surface area (Å²) in [7, 11) is 0. The highest BCUT2D eigenvalue weighted by molar-refractivity contribution is 5.73.